The number of anilines is 1. The van der Waals surface area contributed by atoms with Gasteiger partial charge in [0.15, 0.2) is 5.54 Å². The van der Waals surface area contributed by atoms with E-state index in [2.05, 4.69) is 5.32 Å². The van der Waals surface area contributed by atoms with Crippen molar-refractivity contribution in [2.75, 3.05) is 5.32 Å². The second kappa shape index (κ2) is 5.47. The number of halogens is 3. The van der Waals surface area contributed by atoms with E-state index in [0.717, 1.165) is 24.3 Å². The summed E-state index contributed by atoms with van der Waals surface area (Å²) in [4.78, 5) is 11.5. The lowest BCUT2D eigenvalue weighted by molar-refractivity contribution is -0.142. The first-order valence-electron chi connectivity index (χ1n) is 6.05. The molecule has 1 unspecified atom stereocenters. The van der Waals surface area contributed by atoms with Crippen molar-refractivity contribution < 1.29 is 23.1 Å². The van der Waals surface area contributed by atoms with Gasteiger partial charge in [0.25, 0.3) is 0 Å². The Morgan fingerprint density at radius 3 is 2.14 bits per heavy atom. The van der Waals surface area contributed by atoms with E-state index < -0.39 is 29.0 Å². The largest absolute Gasteiger partial charge is 0.479 e. The van der Waals surface area contributed by atoms with Crippen LogP contribution in [0, 0.1) is 17.5 Å². The third kappa shape index (κ3) is 2.99. The first-order chi connectivity index (χ1) is 9.83. The van der Waals surface area contributed by atoms with Crippen LogP contribution >= 0.6 is 0 Å². The predicted molar refractivity (Wildman–Crippen MR) is 71.4 cm³/mol. The van der Waals surface area contributed by atoms with Gasteiger partial charge in [-0.1, -0.05) is 6.07 Å². The number of benzene rings is 2. The summed E-state index contributed by atoms with van der Waals surface area (Å²) in [5.74, 6) is -3.61. The van der Waals surface area contributed by atoms with E-state index in [-0.39, 0.29) is 5.56 Å². The zero-order chi connectivity index (χ0) is 15.6. The van der Waals surface area contributed by atoms with Crippen molar-refractivity contribution in [2.45, 2.75) is 12.5 Å². The van der Waals surface area contributed by atoms with Crippen molar-refractivity contribution in [1.29, 1.82) is 0 Å². The van der Waals surface area contributed by atoms with Gasteiger partial charge in [0.1, 0.15) is 17.5 Å². The molecule has 0 saturated heterocycles. The Morgan fingerprint density at radius 1 is 1.05 bits per heavy atom. The monoisotopic (exact) mass is 295 g/mol. The zero-order valence-corrected chi connectivity index (χ0v) is 11.0. The van der Waals surface area contributed by atoms with Crippen molar-refractivity contribution >= 4 is 11.7 Å². The molecule has 0 saturated carbocycles. The number of hydrogen-bond acceptors (Lipinski definition) is 2. The maximum absolute atomic E-state index is 13.9. The van der Waals surface area contributed by atoms with Crippen molar-refractivity contribution in [3.05, 3.63) is 65.5 Å². The molecule has 0 aliphatic rings. The highest BCUT2D eigenvalue weighted by Gasteiger charge is 2.37. The summed E-state index contributed by atoms with van der Waals surface area (Å²) < 4.78 is 39.7. The maximum atomic E-state index is 13.9. The predicted octanol–water partition coefficient (Wildman–Crippen LogP) is 3.52. The third-order valence-corrected chi connectivity index (χ3v) is 3.14. The molecule has 0 radical (unpaired) electrons. The molecule has 0 amide bonds. The lowest BCUT2D eigenvalue weighted by Gasteiger charge is -2.28. The van der Waals surface area contributed by atoms with E-state index in [1.165, 1.54) is 19.1 Å². The van der Waals surface area contributed by atoms with Crippen LogP contribution in [-0.2, 0) is 10.3 Å². The molecule has 3 nitrogen and oxygen atoms in total. The van der Waals surface area contributed by atoms with Crippen molar-refractivity contribution in [3.8, 4) is 0 Å². The van der Waals surface area contributed by atoms with Crippen LogP contribution in [0.1, 0.15) is 12.5 Å². The molecule has 2 rings (SSSR count). The van der Waals surface area contributed by atoms with Gasteiger partial charge in [-0.3, -0.25) is 0 Å². The van der Waals surface area contributed by atoms with E-state index in [1.807, 2.05) is 0 Å². The molecule has 0 aromatic heterocycles. The van der Waals surface area contributed by atoms with Gasteiger partial charge in [0.2, 0.25) is 0 Å². The minimum Gasteiger partial charge on any atom is -0.479 e. The molecule has 1 atom stereocenters. The minimum atomic E-state index is -1.82. The molecule has 0 bridgehead atoms. The second-order valence-electron chi connectivity index (χ2n) is 4.69. The highest BCUT2D eigenvalue weighted by molar-refractivity contribution is 5.84. The van der Waals surface area contributed by atoms with Crippen molar-refractivity contribution in [1.82, 2.24) is 0 Å². The average molecular weight is 295 g/mol. The smallest absolute Gasteiger partial charge is 0.333 e. The zero-order valence-electron chi connectivity index (χ0n) is 11.0. The molecule has 0 heterocycles. The highest BCUT2D eigenvalue weighted by Crippen LogP contribution is 2.29. The Labute approximate surface area is 119 Å². The summed E-state index contributed by atoms with van der Waals surface area (Å²) in [5, 5.41) is 12.0. The van der Waals surface area contributed by atoms with Crippen LogP contribution in [0.3, 0.4) is 0 Å². The Morgan fingerprint density at radius 2 is 1.62 bits per heavy atom. The first-order valence-corrected chi connectivity index (χ1v) is 6.05. The fraction of sp³-hybridized carbons (Fsp3) is 0.133. The third-order valence-electron chi connectivity index (χ3n) is 3.14. The lowest BCUT2D eigenvalue weighted by Crippen LogP contribution is -2.41. The Kier molecular flexibility index (Phi) is 3.88. The van der Waals surface area contributed by atoms with Gasteiger partial charge in [-0.25, -0.2) is 18.0 Å². The molecule has 6 heteroatoms. The van der Waals surface area contributed by atoms with Crippen LogP contribution in [0.5, 0.6) is 0 Å². The van der Waals surface area contributed by atoms with Gasteiger partial charge in [-0.15, -0.1) is 0 Å². The Balaban J connectivity index is 2.45. The van der Waals surface area contributed by atoms with Crippen LogP contribution in [0.4, 0.5) is 18.9 Å². The van der Waals surface area contributed by atoms with E-state index in [1.54, 1.807) is 0 Å². The SMILES string of the molecule is CC(Nc1ccc(F)cc1)(C(=O)O)c1ccc(F)cc1F. The van der Waals surface area contributed by atoms with Crippen LogP contribution in [0.2, 0.25) is 0 Å². The molecule has 0 fully saturated rings. The highest BCUT2D eigenvalue weighted by atomic mass is 19.1. The summed E-state index contributed by atoms with van der Waals surface area (Å²) in [6.45, 7) is 1.25. The second-order valence-corrected chi connectivity index (χ2v) is 4.69. The molecular formula is C15H12F3NO2. The van der Waals surface area contributed by atoms with Gasteiger partial charge in [0, 0.05) is 17.3 Å². The number of aliphatic carboxylic acids is 1. The number of carboxylic acids is 1. The summed E-state index contributed by atoms with van der Waals surface area (Å²) >= 11 is 0. The van der Waals surface area contributed by atoms with E-state index in [4.69, 9.17) is 0 Å². The molecule has 110 valence electrons. The number of carboxylic acid groups (broad SMARTS) is 1. The Hall–Kier alpha value is -2.50. The molecule has 2 aromatic carbocycles. The van der Waals surface area contributed by atoms with Gasteiger partial charge >= 0.3 is 5.97 Å². The van der Waals surface area contributed by atoms with Gasteiger partial charge in [0.05, 0.1) is 0 Å². The van der Waals surface area contributed by atoms with Crippen LogP contribution in [0.25, 0.3) is 0 Å². The van der Waals surface area contributed by atoms with Crippen LogP contribution in [0.15, 0.2) is 42.5 Å². The number of carbonyl (C=O) groups is 1. The fourth-order valence-electron chi connectivity index (χ4n) is 1.95. The van der Waals surface area contributed by atoms with E-state index in [9.17, 15) is 23.1 Å². The van der Waals surface area contributed by atoms with Crippen LogP contribution < -0.4 is 5.32 Å². The molecular weight excluding hydrogens is 283 g/mol. The van der Waals surface area contributed by atoms with Gasteiger partial charge < -0.3 is 10.4 Å². The van der Waals surface area contributed by atoms with Crippen molar-refractivity contribution in [2.24, 2.45) is 0 Å². The summed E-state index contributed by atoms with van der Waals surface area (Å²) in [7, 11) is 0. The molecule has 0 aliphatic carbocycles. The topological polar surface area (TPSA) is 49.3 Å². The van der Waals surface area contributed by atoms with Gasteiger partial charge in [-0.05, 0) is 37.3 Å². The first kappa shape index (κ1) is 14.9. The standard InChI is InChI=1S/C15H12F3NO2/c1-15(14(20)21,12-7-4-10(17)8-13(12)18)19-11-5-2-9(16)3-6-11/h2-8,19H,1H3,(H,20,21). The number of nitrogens with one attached hydrogen (secondary N) is 1. The number of hydrogen-bond donors (Lipinski definition) is 2. The Bertz CT molecular complexity index is 673. The minimum absolute atomic E-state index is 0.222. The summed E-state index contributed by atoms with van der Waals surface area (Å²) in [6, 6.07) is 7.61. The van der Waals surface area contributed by atoms with Crippen molar-refractivity contribution in [3.63, 3.8) is 0 Å². The van der Waals surface area contributed by atoms with Gasteiger partial charge in [-0.2, -0.15) is 0 Å². The fourth-order valence-corrected chi connectivity index (χ4v) is 1.95. The normalized spacial score (nSPS) is 13.5. The summed E-state index contributed by atoms with van der Waals surface area (Å²) in [6.07, 6.45) is 0. The molecule has 2 N–H and O–H groups in total. The van der Waals surface area contributed by atoms with E-state index >= 15 is 0 Å². The van der Waals surface area contributed by atoms with Crippen LogP contribution in [-0.4, -0.2) is 11.1 Å². The lowest BCUT2D eigenvalue weighted by atomic mass is 9.91. The maximum Gasteiger partial charge on any atom is 0.333 e. The molecule has 21 heavy (non-hydrogen) atoms. The summed E-state index contributed by atoms with van der Waals surface area (Å²) in [5.41, 5.74) is -1.75. The average Bonchev–Trinajstić information content (AvgIpc) is 2.41. The quantitative estimate of drug-likeness (QED) is 0.907. The van der Waals surface area contributed by atoms with E-state index in [0.29, 0.717) is 11.8 Å². The molecule has 0 spiro atoms. The number of rotatable bonds is 4. The molecule has 0 aliphatic heterocycles. The molecule has 2 aromatic rings.